The zero-order chi connectivity index (χ0) is 11.3. The van der Waals surface area contributed by atoms with E-state index < -0.39 is 11.6 Å². The Labute approximate surface area is 94.7 Å². The number of halogens is 2. The van der Waals surface area contributed by atoms with Crippen molar-refractivity contribution in [2.45, 2.75) is 56.6 Å². The van der Waals surface area contributed by atoms with E-state index in [2.05, 4.69) is 5.32 Å². The number of rotatable bonds is 0. The molecule has 3 aliphatic rings. The van der Waals surface area contributed by atoms with Gasteiger partial charge in [0, 0.05) is 24.8 Å². The summed E-state index contributed by atoms with van der Waals surface area (Å²) in [5, 5.41) is 3.41. The predicted octanol–water partition coefficient (Wildman–Crippen LogP) is 2.68. The van der Waals surface area contributed by atoms with Gasteiger partial charge in [0.2, 0.25) is 5.92 Å². The molecule has 0 aromatic rings. The summed E-state index contributed by atoms with van der Waals surface area (Å²) in [7, 11) is 0. The van der Waals surface area contributed by atoms with E-state index in [1.54, 1.807) is 0 Å². The van der Waals surface area contributed by atoms with Crippen molar-refractivity contribution in [3.05, 3.63) is 0 Å². The topological polar surface area (TPSA) is 21.3 Å². The van der Waals surface area contributed by atoms with Crippen LogP contribution in [0.25, 0.3) is 0 Å². The summed E-state index contributed by atoms with van der Waals surface area (Å²) in [4.78, 5) is 0. The van der Waals surface area contributed by atoms with Crippen LogP contribution in [0.1, 0.15) is 44.9 Å². The highest BCUT2D eigenvalue weighted by Crippen LogP contribution is 2.47. The summed E-state index contributed by atoms with van der Waals surface area (Å²) in [5.74, 6) is -2.47. The van der Waals surface area contributed by atoms with Crippen LogP contribution in [0.15, 0.2) is 0 Å². The van der Waals surface area contributed by atoms with Crippen LogP contribution in [0.5, 0.6) is 0 Å². The lowest BCUT2D eigenvalue weighted by molar-refractivity contribution is -0.202. The van der Waals surface area contributed by atoms with Crippen LogP contribution < -0.4 is 5.32 Å². The molecule has 3 fully saturated rings. The summed E-state index contributed by atoms with van der Waals surface area (Å²) in [5.41, 5.74) is -0.0895. The SMILES string of the molecule is FC1(F)CCC2(CC1)NCC1(CCC1)CO2. The number of hydrogen-bond acceptors (Lipinski definition) is 2. The lowest BCUT2D eigenvalue weighted by atomic mass is 9.68. The first-order valence-electron chi connectivity index (χ1n) is 6.30. The molecule has 4 heteroatoms. The van der Waals surface area contributed by atoms with Crippen LogP contribution in [-0.2, 0) is 4.74 Å². The van der Waals surface area contributed by atoms with Crippen molar-refractivity contribution in [1.82, 2.24) is 5.32 Å². The summed E-state index contributed by atoms with van der Waals surface area (Å²) in [6.07, 6.45) is 4.58. The molecule has 0 amide bonds. The molecule has 3 rings (SSSR count). The second-order valence-corrected chi connectivity index (χ2v) is 5.85. The van der Waals surface area contributed by atoms with E-state index in [-0.39, 0.29) is 12.8 Å². The molecule has 1 saturated heterocycles. The van der Waals surface area contributed by atoms with Gasteiger partial charge < -0.3 is 4.74 Å². The van der Waals surface area contributed by atoms with E-state index in [9.17, 15) is 8.78 Å². The van der Waals surface area contributed by atoms with Crippen molar-refractivity contribution in [1.29, 1.82) is 0 Å². The highest BCUT2D eigenvalue weighted by atomic mass is 19.3. The fourth-order valence-electron chi connectivity index (χ4n) is 3.08. The summed E-state index contributed by atoms with van der Waals surface area (Å²) in [6.45, 7) is 1.73. The van der Waals surface area contributed by atoms with Crippen LogP contribution in [0.3, 0.4) is 0 Å². The number of alkyl halides is 2. The lowest BCUT2D eigenvalue weighted by Gasteiger charge is -2.53. The lowest BCUT2D eigenvalue weighted by Crippen LogP contribution is -2.62. The van der Waals surface area contributed by atoms with Gasteiger partial charge in [-0.25, -0.2) is 8.78 Å². The smallest absolute Gasteiger partial charge is 0.248 e. The Bertz CT molecular complexity index is 267. The van der Waals surface area contributed by atoms with Gasteiger partial charge in [0.15, 0.2) is 0 Å². The molecule has 0 aromatic carbocycles. The predicted molar refractivity (Wildman–Crippen MR) is 56.4 cm³/mol. The van der Waals surface area contributed by atoms with Crippen molar-refractivity contribution >= 4 is 0 Å². The molecule has 2 saturated carbocycles. The Morgan fingerprint density at radius 2 is 1.62 bits per heavy atom. The van der Waals surface area contributed by atoms with Gasteiger partial charge in [-0.15, -0.1) is 0 Å². The highest BCUT2D eigenvalue weighted by Gasteiger charge is 2.50. The molecule has 2 aliphatic carbocycles. The van der Waals surface area contributed by atoms with Crippen molar-refractivity contribution in [2.24, 2.45) is 5.41 Å². The molecule has 0 bridgehead atoms. The Morgan fingerprint density at radius 3 is 2.06 bits per heavy atom. The van der Waals surface area contributed by atoms with Gasteiger partial charge >= 0.3 is 0 Å². The van der Waals surface area contributed by atoms with E-state index in [1.807, 2.05) is 0 Å². The van der Waals surface area contributed by atoms with E-state index in [4.69, 9.17) is 4.74 Å². The monoisotopic (exact) mass is 231 g/mol. The largest absolute Gasteiger partial charge is 0.360 e. The van der Waals surface area contributed by atoms with Crippen molar-refractivity contribution in [2.75, 3.05) is 13.2 Å². The second kappa shape index (κ2) is 3.39. The van der Waals surface area contributed by atoms with Gasteiger partial charge in [-0.2, -0.15) is 0 Å². The minimum atomic E-state index is -2.47. The zero-order valence-corrected chi connectivity index (χ0v) is 9.53. The first-order valence-corrected chi connectivity index (χ1v) is 6.30. The minimum Gasteiger partial charge on any atom is -0.360 e. The van der Waals surface area contributed by atoms with E-state index >= 15 is 0 Å². The number of ether oxygens (including phenoxy) is 1. The number of nitrogens with one attached hydrogen (secondary N) is 1. The quantitative estimate of drug-likeness (QED) is 0.692. The molecular formula is C12H19F2NO. The Kier molecular flexibility index (Phi) is 2.31. The van der Waals surface area contributed by atoms with Crippen LogP contribution in [0.2, 0.25) is 0 Å². The van der Waals surface area contributed by atoms with E-state index in [0.29, 0.717) is 18.3 Å². The van der Waals surface area contributed by atoms with Gasteiger partial charge in [-0.3, -0.25) is 5.32 Å². The molecule has 16 heavy (non-hydrogen) atoms. The van der Waals surface area contributed by atoms with E-state index in [0.717, 1.165) is 13.2 Å². The fraction of sp³-hybridized carbons (Fsp3) is 1.00. The molecule has 2 nitrogen and oxygen atoms in total. The molecule has 2 spiro atoms. The van der Waals surface area contributed by atoms with Gasteiger partial charge in [0.05, 0.1) is 6.61 Å². The van der Waals surface area contributed by atoms with Gasteiger partial charge in [0.25, 0.3) is 0 Å². The van der Waals surface area contributed by atoms with Gasteiger partial charge in [-0.1, -0.05) is 6.42 Å². The Morgan fingerprint density at radius 1 is 0.938 bits per heavy atom. The van der Waals surface area contributed by atoms with Crippen LogP contribution in [0.4, 0.5) is 8.78 Å². The highest BCUT2D eigenvalue weighted by molar-refractivity contribution is 4.98. The van der Waals surface area contributed by atoms with Crippen molar-refractivity contribution in [3.8, 4) is 0 Å². The van der Waals surface area contributed by atoms with Crippen molar-refractivity contribution in [3.63, 3.8) is 0 Å². The van der Waals surface area contributed by atoms with Crippen LogP contribution >= 0.6 is 0 Å². The maximum Gasteiger partial charge on any atom is 0.248 e. The first kappa shape index (κ1) is 10.9. The molecule has 92 valence electrons. The minimum absolute atomic E-state index is 0.0347. The third kappa shape index (κ3) is 1.76. The maximum absolute atomic E-state index is 13.1. The molecular weight excluding hydrogens is 212 g/mol. The maximum atomic E-state index is 13.1. The van der Waals surface area contributed by atoms with E-state index in [1.165, 1.54) is 19.3 Å². The molecule has 1 aliphatic heterocycles. The zero-order valence-electron chi connectivity index (χ0n) is 9.53. The van der Waals surface area contributed by atoms with Gasteiger partial charge in [-0.05, 0) is 25.7 Å². The molecule has 0 unspecified atom stereocenters. The number of hydrogen-bond donors (Lipinski definition) is 1. The summed E-state index contributed by atoms with van der Waals surface area (Å²) < 4.78 is 32.1. The summed E-state index contributed by atoms with van der Waals surface area (Å²) in [6, 6.07) is 0. The average molecular weight is 231 g/mol. The normalized spacial score (nSPS) is 34.9. The van der Waals surface area contributed by atoms with Crippen molar-refractivity contribution < 1.29 is 13.5 Å². The van der Waals surface area contributed by atoms with Gasteiger partial charge in [0.1, 0.15) is 5.72 Å². The standard InChI is InChI=1S/C12H19F2NO/c13-11(14)4-6-12(7-5-11)15-8-10(9-16-12)2-1-3-10/h15H,1-9H2. The van der Waals surface area contributed by atoms with Crippen LogP contribution in [-0.4, -0.2) is 24.8 Å². The molecule has 0 radical (unpaired) electrons. The Balaban J connectivity index is 1.60. The third-order valence-corrected chi connectivity index (χ3v) is 4.64. The third-order valence-electron chi connectivity index (χ3n) is 4.64. The first-order chi connectivity index (χ1) is 7.54. The molecule has 0 aromatic heterocycles. The second-order valence-electron chi connectivity index (χ2n) is 5.85. The summed E-state index contributed by atoms with van der Waals surface area (Å²) >= 11 is 0. The average Bonchev–Trinajstić information content (AvgIpc) is 2.22. The fourth-order valence-corrected chi connectivity index (χ4v) is 3.08. The molecule has 0 atom stereocenters. The van der Waals surface area contributed by atoms with Crippen LogP contribution in [0, 0.1) is 5.41 Å². The Hall–Kier alpha value is -0.220. The molecule has 1 N–H and O–H groups in total. The molecule has 1 heterocycles.